The van der Waals surface area contributed by atoms with Crippen LogP contribution in [0.1, 0.15) is 26.5 Å². The fourth-order valence-electron chi connectivity index (χ4n) is 3.92. The van der Waals surface area contributed by atoms with Crippen LogP contribution < -0.4 is 22.5 Å². The van der Waals surface area contributed by atoms with E-state index in [9.17, 15) is 29.4 Å². The van der Waals surface area contributed by atoms with Gasteiger partial charge in [0.05, 0.1) is 0 Å². The van der Waals surface area contributed by atoms with Crippen LogP contribution >= 0.6 is 34.9 Å². The number of aliphatic imine (C=N–C) groups is 1. The number of aromatic nitrogens is 1. The van der Waals surface area contributed by atoms with Crippen LogP contribution in [0.15, 0.2) is 38.2 Å². The van der Waals surface area contributed by atoms with E-state index in [-0.39, 0.29) is 28.0 Å². The molecule has 1 fully saturated rings. The zero-order valence-electron chi connectivity index (χ0n) is 22.9. The fourth-order valence-corrected chi connectivity index (χ4v) is 6.97. The summed E-state index contributed by atoms with van der Waals surface area (Å²) in [6.45, 7) is 4.26. The number of carbonyl (C=O) groups is 4. The highest BCUT2D eigenvalue weighted by Gasteiger charge is 2.54. The topological polar surface area (TPSA) is 252 Å². The third-order valence-corrected chi connectivity index (χ3v) is 9.70. The van der Waals surface area contributed by atoms with E-state index in [0.29, 0.717) is 22.1 Å². The summed E-state index contributed by atoms with van der Waals surface area (Å²) in [6.07, 6.45) is -0.473. The molecule has 0 spiro atoms. The Labute approximate surface area is 252 Å². The number of likely N-dealkylation sites (N-methyl/N-ethyl adjacent to an activating group) is 1. The molecule has 42 heavy (non-hydrogen) atoms. The third-order valence-electron chi connectivity index (χ3n) is 6.55. The molecule has 3 aliphatic rings. The molecule has 226 valence electrons. The monoisotopic (exact) mass is 639 g/mol. The number of nitrogens with zero attached hydrogens (tertiary/aromatic N) is 5. The van der Waals surface area contributed by atoms with Gasteiger partial charge in [-0.1, -0.05) is 16.9 Å². The molecule has 3 atom stereocenters. The average molecular weight is 640 g/mol. The molecule has 16 nitrogen and oxygen atoms in total. The Bertz CT molecular complexity index is 1470. The molecule has 2 amide bonds. The van der Waals surface area contributed by atoms with E-state index in [0.717, 1.165) is 16.2 Å². The normalized spacial score (nSPS) is 22.9. The summed E-state index contributed by atoms with van der Waals surface area (Å²) in [4.78, 5) is 66.4. The number of nitrogens with two attached hydrogens (primary N) is 3. The van der Waals surface area contributed by atoms with Gasteiger partial charge >= 0.3 is 11.9 Å². The summed E-state index contributed by atoms with van der Waals surface area (Å²) in [5.74, 6) is -3.35. The van der Waals surface area contributed by atoms with Crippen molar-refractivity contribution in [1.29, 1.82) is 0 Å². The van der Waals surface area contributed by atoms with Crippen LogP contribution in [0, 0.1) is 0 Å². The Morgan fingerprint density at radius 1 is 1.31 bits per heavy atom. The maximum atomic E-state index is 13.2. The van der Waals surface area contributed by atoms with E-state index in [1.54, 1.807) is 18.9 Å². The predicted octanol–water partition coefficient (Wildman–Crippen LogP) is -0.443. The van der Waals surface area contributed by atoms with Crippen molar-refractivity contribution >= 4 is 74.6 Å². The minimum atomic E-state index is -1.77. The second kappa shape index (κ2) is 11.8. The van der Waals surface area contributed by atoms with Crippen LogP contribution in [-0.4, -0.2) is 101 Å². The first-order valence-electron chi connectivity index (χ1n) is 12.2. The number of carbonyl (C=O) groups excluding carboxylic acids is 2. The zero-order valence-corrected chi connectivity index (χ0v) is 25.3. The van der Waals surface area contributed by atoms with E-state index in [1.807, 2.05) is 0 Å². The summed E-state index contributed by atoms with van der Waals surface area (Å²) < 4.78 is 0. The molecule has 1 aromatic heterocycles. The number of hydrogen-bond donors (Lipinski definition) is 6. The molecule has 4 heterocycles. The Balaban J connectivity index is 1.52. The number of nitrogen functional groups attached to an aromatic ring is 1. The van der Waals surface area contributed by atoms with Crippen molar-refractivity contribution in [3.63, 3.8) is 0 Å². The van der Waals surface area contributed by atoms with Crippen LogP contribution in [0.3, 0.4) is 0 Å². The highest BCUT2D eigenvalue weighted by molar-refractivity contribution is 8.14. The van der Waals surface area contributed by atoms with Crippen LogP contribution in [0.4, 0.5) is 5.13 Å². The minimum absolute atomic E-state index is 0.0162. The van der Waals surface area contributed by atoms with Gasteiger partial charge in [0.25, 0.3) is 11.8 Å². The summed E-state index contributed by atoms with van der Waals surface area (Å²) >= 11 is 3.55. The molecule has 1 aromatic rings. The highest BCUT2D eigenvalue weighted by atomic mass is 32.2. The van der Waals surface area contributed by atoms with Gasteiger partial charge in [-0.3, -0.25) is 14.5 Å². The number of fused-ring (bicyclic) bond motifs is 1. The number of nitrogens with one attached hydrogen (secondary N) is 1. The number of carboxylic acids is 2. The molecule has 0 radical (unpaired) electrons. The lowest BCUT2D eigenvalue weighted by Crippen LogP contribution is -2.71. The Morgan fingerprint density at radius 2 is 2.00 bits per heavy atom. The van der Waals surface area contributed by atoms with Crippen LogP contribution in [0.5, 0.6) is 0 Å². The van der Waals surface area contributed by atoms with E-state index in [1.165, 1.54) is 42.8 Å². The van der Waals surface area contributed by atoms with E-state index >= 15 is 0 Å². The fraction of sp³-hybridized carbons (Fsp3) is 0.435. The second-order valence-corrected chi connectivity index (χ2v) is 12.8. The summed E-state index contributed by atoms with van der Waals surface area (Å²) in [6, 6.07) is -1.08. The number of aliphatic carboxylic acids is 2. The maximum Gasteiger partial charge on any atom is 0.352 e. The quantitative estimate of drug-likeness (QED) is 0.114. The first-order valence-corrected chi connectivity index (χ1v) is 15.1. The molecular weight excluding hydrogens is 611 g/mol. The third kappa shape index (κ3) is 5.90. The van der Waals surface area contributed by atoms with E-state index in [2.05, 4.69) is 20.4 Å². The standard InChI is InChI=1S/C23H29N9O7S3/c1-8-14(24)29-22(31(4)15(8)25)42-6-9-5-40-18-12(17(34)32(18)13(9)19(35)36)28-16(33)11(10-7-41-21(26)27-10)30-39-23(2,3)20(37)38/h7,12,15,18H,5-6,24-25H2,1-4H3,(H2,26,27)(H,28,33)(H,35,36)(H,37,38)/b30-11-/t12?,15?,18-/m0/s1. The number of carboxylic acid groups (broad SMARTS) is 2. The maximum absolute atomic E-state index is 13.2. The van der Waals surface area contributed by atoms with Crippen molar-refractivity contribution < 1.29 is 34.2 Å². The van der Waals surface area contributed by atoms with Gasteiger partial charge in [-0.25, -0.2) is 19.6 Å². The van der Waals surface area contributed by atoms with Crippen molar-refractivity contribution in [3.8, 4) is 0 Å². The van der Waals surface area contributed by atoms with Gasteiger partial charge in [0.15, 0.2) is 16.0 Å². The number of amidine groups is 1. The van der Waals surface area contributed by atoms with E-state index in [4.69, 9.17) is 22.0 Å². The number of amides is 2. The van der Waals surface area contributed by atoms with E-state index < -0.39 is 52.6 Å². The smallest absolute Gasteiger partial charge is 0.352 e. The summed E-state index contributed by atoms with van der Waals surface area (Å²) in [7, 11) is 1.75. The van der Waals surface area contributed by atoms with Gasteiger partial charge in [0.1, 0.15) is 34.8 Å². The molecule has 0 saturated carbocycles. The lowest BCUT2D eigenvalue weighted by molar-refractivity contribution is -0.161. The lowest BCUT2D eigenvalue weighted by Gasteiger charge is -2.49. The largest absolute Gasteiger partial charge is 0.478 e. The molecule has 4 rings (SSSR count). The molecule has 19 heteroatoms. The van der Waals surface area contributed by atoms with Gasteiger partial charge in [-0.15, -0.1) is 23.1 Å². The molecule has 9 N–H and O–H groups in total. The van der Waals surface area contributed by atoms with Crippen molar-refractivity contribution in [2.45, 2.75) is 44.0 Å². The lowest BCUT2D eigenvalue weighted by atomic mass is 10.0. The molecular formula is C23H29N9O7S3. The zero-order chi connectivity index (χ0) is 31.1. The number of thiazole rings is 1. The molecule has 1 saturated heterocycles. The number of β-lactam (4-membered cyclic amide) rings is 1. The molecule has 0 aromatic carbocycles. The molecule has 3 aliphatic heterocycles. The minimum Gasteiger partial charge on any atom is -0.478 e. The van der Waals surface area contributed by atoms with Gasteiger partial charge in [-0.05, 0) is 26.3 Å². The van der Waals surface area contributed by atoms with Gasteiger partial charge in [0.2, 0.25) is 5.60 Å². The average Bonchev–Trinajstić information content (AvgIpc) is 3.36. The number of rotatable bonds is 9. The van der Waals surface area contributed by atoms with Crippen molar-refractivity contribution in [2.24, 2.45) is 21.6 Å². The highest BCUT2D eigenvalue weighted by Crippen LogP contribution is 2.41. The molecule has 0 bridgehead atoms. The number of anilines is 1. The number of hydrogen-bond acceptors (Lipinski definition) is 15. The van der Waals surface area contributed by atoms with Gasteiger partial charge in [0, 0.05) is 29.5 Å². The number of thioether (sulfide) groups is 2. The Hall–Kier alpha value is -3.81. The number of oxime groups is 1. The SMILES string of the molecule is CC1=C(N)N=C(SCC2=C(C(=O)O)N3C(=O)C(NC(=O)/C(=N\OC(C)(C)C(=O)O)c4csc(N)n4)[C@@H]3SC2)N(C)C1N. The first kappa shape index (κ1) is 31.1. The van der Waals surface area contributed by atoms with Crippen molar-refractivity contribution in [3.05, 3.63) is 33.7 Å². The second-order valence-electron chi connectivity index (χ2n) is 9.84. The van der Waals surface area contributed by atoms with Crippen molar-refractivity contribution in [2.75, 3.05) is 24.3 Å². The Morgan fingerprint density at radius 3 is 2.60 bits per heavy atom. The summed E-state index contributed by atoms with van der Waals surface area (Å²) in [5.41, 5.74) is 16.7. The first-order chi connectivity index (χ1) is 19.6. The van der Waals surface area contributed by atoms with Crippen LogP contribution in [-0.2, 0) is 24.0 Å². The van der Waals surface area contributed by atoms with Crippen LogP contribution in [0.2, 0.25) is 0 Å². The van der Waals surface area contributed by atoms with Crippen molar-refractivity contribution in [1.82, 2.24) is 20.1 Å². The van der Waals surface area contributed by atoms with Gasteiger partial charge in [-0.2, -0.15) is 0 Å². The summed E-state index contributed by atoms with van der Waals surface area (Å²) in [5, 5.41) is 27.0. The Kier molecular flexibility index (Phi) is 8.76. The molecule has 2 unspecified atom stereocenters. The predicted molar refractivity (Wildman–Crippen MR) is 158 cm³/mol. The van der Waals surface area contributed by atoms with Gasteiger partial charge < -0.3 is 42.5 Å². The van der Waals surface area contributed by atoms with Crippen LogP contribution in [0.25, 0.3) is 0 Å². The molecule has 0 aliphatic carbocycles.